The summed E-state index contributed by atoms with van der Waals surface area (Å²) in [6.07, 6.45) is -0.705. The molecule has 1 amide bonds. The monoisotopic (exact) mass is 323 g/mol. The second-order valence-corrected chi connectivity index (χ2v) is 6.83. The Hall–Kier alpha value is -2.22. The van der Waals surface area contributed by atoms with Gasteiger partial charge in [-0.15, -0.1) is 16.4 Å². The number of hydrogen-bond acceptors (Lipinski definition) is 6. The van der Waals surface area contributed by atoms with Crippen molar-refractivity contribution in [2.75, 3.05) is 5.32 Å². The molecule has 2 aromatic heterocycles. The standard InChI is InChI=1S/C14H17N3O4S/c1-6-7(2)16-17-11-8(6)9(10(22-11)12(18)19)15-13(20)21-14(3,4)5/h1-5H3,(H,15,20)(H,18,19). The first-order valence-electron chi connectivity index (χ1n) is 6.60. The molecule has 0 aliphatic carbocycles. The zero-order valence-electron chi connectivity index (χ0n) is 13.0. The second kappa shape index (κ2) is 5.53. The predicted molar refractivity (Wildman–Crippen MR) is 83.7 cm³/mol. The minimum atomic E-state index is -1.13. The van der Waals surface area contributed by atoms with Crippen molar-refractivity contribution in [2.45, 2.75) is 40.2 Å². The van der Waals surface area contributed by atoms with Crippen LogP contribution in [-0.4, -0.2) is 33.0 Å². The van der Waals surface area contributed by atoms with Crippen molar-refractivity contribution in [1.29, 1.82) is 0 Å². The number of anilines is 1. The molecule has 0 saturated heterocycles. The zero-order valence-corrected chi connectivity index (χ0v) is 13.8. The van der Waals surface area contributed by atoms with Crippen molar-refractivity contribution in [3.63, 3.8) is 0 Å². The van der Waals surface area contributed by atoms with Crippen LogP contribution in [0.15, 0.2) is 0 Å². The van der Waals surface area contributed by atoms with E-state index in [1.807, 2.05) is 6.92 Å². The largest absolute Gasteiger partial charge is 0.477 e. The molecule has 0 aliphatic heterocycles. The van der Waals surface area contributed by atoms with Crippen LogP contribution in [-0.2, 0) is 4.74 Å². The highest BCUT2D eigenvalue weighted by Crippen LogP contribution is 2.37. The number of carboxylic acids is 1. The van der Waals surface area contributed by atoms with Gasteiger partial charge in [0, 0.05) is 5.39 Å². The number of thiophene rings is 1. The zero-order chi connectivity index (χ0) is 16.7. The molecule has 0 unspecified atom stereocenters. The molecular formula is C14H17N3O4S. The fourth-order valence-corrected chi connectivity index (χ4v) is 2.86. The number of nitrogens with one attached hydrogen (secondary N) is 1. The molecule has 0 aliphatic rings. The SMILES string of the molecule is Cc1nnc2sc(C(=O)O)c(NC(=O)OC(C)(C)C)c2c1C. The number of aromatic carboxylic acids is 1. The summed E-state index contributed by atoms with van der Waals surface area (Å²) in [6, 6.07) is 0. The van der Waals surface area contributed by atoms with Crippen LogP contribution in [0.25, 0.3) is 10.2 Å². The third-order valence-corrected chi connectivity index (χ3v) is 3.98. The van der Waals surface area contributed by atoms with Crippen LogP contribution in [0.5, 0.6) is 0 Å². The molecule has 2 heterocycles. The molecular weight excluding hydrogens is 306 g/mol. The van der Waals surface area contributed by atoms with Crippen molar-refractivity contribution < 1.29 is 19.4 Å². The van der Waals surface area contributed by atoms with Crippen LogP contribution in [0.1, 0.15) is 41.7 Å². The summed E-state index contributed by atoms with van der Waals surface area (Å²) in [7, 11) is 0. The van der Waals surface area contributed by atoms with Crippen LogP contribution in [0.2, 0.25) is 0 Å². The van der Waals surface area contributed by atoms with E-state index >= 15 is 0 Å². The van der Waals surface area contributed by atoms with Gasteiger partial charge in [0.05, 0.1) is 11.4 Å². The molecule has 0 spiro atoms. The first-order valence-corrected chi connectivity index (χ1v) is 7.41. The van der Waals surface area contributed by atoms with E-state index in [9.17, 15) is 14.7 Å². The Morgan fingerprint density at radius 3 is 2.41 bits per heavy atom. The van der Waals surface area contributed by atoms with Gasteiger partial charge in [0.25, 0.3) is 0 Å². The van der Waals surface area contributed by atoms with Crippen molar-refractivity contribution in [3.05, 3.63) is 16.1 Å². The maximum absolute atomic E-state index is 12.0. The summed E-state index contributed by atoms with van der Waals surface area (Å²) in [6.45, 7) is 8.79. The van der Waals surface area contributed by atoms with Gasteiger partial charge in [-0.1, -0.05) is 0 Å². The number of carboxylic acid groups (broad SMARTS) is 1. The van der Waals surface area contributed by atoms with E-state index in [0.29, 0.717) is 15.9 Å². The van der Waals surface area contributed by atoms with Gasteiger partial charge in [-0.2, -0.15) is 5.10 Å². The number of hydrogen-bond donors (Lipinski definition) is 2. The van der Waals surface area contributed by atoms with Gasteiger partial charge in [0.1, 0.15) is 15.3 Å². The van der Waals surface area contributed by atoms with Crippen LogP contribution >= 0.6 is 11.3 Å². The summed E-state index contributed by atoms with van der Waals surface area (Å²) >= 11 is 0.971. The van der Waals surface area contributed by atoms with E-state index in [-0.39, 0.29) is 10.6 Å². The first-order chi connectivity index (χ1) is 10.1. The Labute approximate surface area is 131 Å². The lowest BCUT2D eigenvalue weighted by Crippen LogP contribution is -2.27. The molecule has 2 rings (SSSR count). The highest BCUT2D eigenvalue weighted by atomic mass is 32.1. The number of amides is 1. The van der Waals surface area contributed by atoms with E-state index < -0.39 is 17.7 Å². The topological polar surface area (TPSA) is 101 Å². The number of rotatable bonds is 2. The molecule has 7 nitrogen and oxygen atoms in total. The summed E-state index contributed by atoms with van der Waals surface area (Å²) < 4.78 is 5.19. The lowest BCUT2D eigenvalue weighted by Gasteiger charge is -2.19. The van der Waals surface area contributed by atoms with Gasteiger partial charge in [-0.3, -0.25) is 5.32 Å². The number of fused-ring (bicyclic) bond motifs is 1. The summed E-state index contributed by atoms with van der Waals surface area (Å²) in [5, 5.41) is 20.4. The lowest BCUT2D eigenvalue weighted by atomic mass is 10.1. The normalized spacial score (nSPS) is 11.5. The Balaban J connectivity index is 2.55. The Kier molecular flexibility index (Phi) is 4.06. The maximum atomic E-state index is 12.0. The van der Waals surface area contributed by atoms with Crippen LogP contribution < -0.4 is 5.32 Å². The molecule has 2 aromatic rings. The van der Waals surface area contributed by atoms with Crippen molar-refractivity contribution in [2.24, 2.45) is 0 Å². The molecule has 8 heteroatoms. The van der Waals surface area contributed by atoms with E-state index in [1.165, 1.54) is 0 Å². The third kappa shape index (κ3) is 3.16. The fraction of sp³-hybridized carbons (Fsp3) is 0.429. The number of aryl methyl sites for hydroxylation is 2. The molecule has 0 saturated carbocycles. The van der Waals surface area contributed by atoms with Crippen LogP contribution in [0.4, 0.5) is 10.5 Å². The second-order valence-electron chi connectivity index (χ2n) is 5.83. The minimum absolute atomic E-state index is 0.00357. The molecule has 0 aromatic carbocycles. The molecule has 118 valence electrons. The van der Waals surface area contributed by atoms with E-state index in [4.69, 9.17) is 4.74 Å². The number of nitrogens with zero attached hydrogens (tertiary/aromatic N) is 2. The van der Waals surface area contributed by atoms with Crippen LogP contribution in [0.3, 0.4) is 0 Å². The summed E-state index contributed by atoms with van der Waals surface area (Å²) in [5.74, 6) is -1.13. The Morgan fingerprint density at radius 2 is 1.86 bits per heavy atom. The smallest absolute Gasteiger partial charge is 0.412 e. The van der Waals surface area contributed by atoms with Crippen molar-refractivity contribution in [1.82, 2.24) is 10.2 Å². The quantitative estimate of drug-likeness (QED) is 0.878. The highest BCUT2D eigenvalue weighted by Gasteiger charge is 2.25. The van der Waals surface area contributed by atoms with E-state index in [2.05, 4.69) is 15.5 Å². The van der Waals surface area contributed by atoms with Gasteiger partial charge in [-0.25, -0.2) is 9.59 Å². The molecule has 0 fully saturated rings. The van der Waals surface area contributed by atoms with E-state index in [0.717, 1.165) is 16.9 Å². The average Bonchev–Trinajstić information content (AvgIpc) is 2.71. The molecule has 2 N–H and O–H groups in total. The van der Waals surface area contributed by atoms with Gasteiger partial charge in [0.2, 0.25) is 0 Å². The van der Waals surface area contributed by atoms with Gasteiger partial charge < -0.3 is 9.84 Å². The van der Waals surface area contributed by atoms with Crippen molar-refractivity contribution in [3.8, 4) is 0 Å². The highest BCUT2D eigenvalue weighted by molar-refractivity contribution is 7.21. The first kappa shape index (κ1) is 16.2. The number of ether oxygens (including phenoxy) is 1. The third-order valence-electron chi connectivity index (χ3n) is 2.92. The average molecular weight is 323 g/mol. The summed E-state index contributed by atoms with van der Waals surface area (Å²) in [5.41, 5.74) is 0.982. The predicted octanol–water partition coefficient (Wildman–Crippen LogP) is 3.35. The molecule has 0 atom stereocenters. The summed E-state index contributed by atoms with van der Waals surface area (Å²) in [4.78, 5) is 23.9. The maximum Gasteiger partial charge on any atom is 0.412 e. The number of carbonyl (C=O) groups excluding carboxylic acids is 1. The lowest BCUT2D eigenvalue weighted by molar-refractivity contribution is 0.0636. The van der Waals surface area contributed by atoms with Gasteiger partial charge >= 0.3 is 12.1 Å². The fourth-order valence-electron chi connectivity index (χ4n) is 1.89. The minimum Gasteiger partial charge on any atom is -0.477 e. The number of aromatic nitrogens is 2. The number of carbonyl (C=O) groups is 2. The Bertz CT molecular complexity index is 762. The Morgan fingerprint density at radius 1 is 1.23 bits per heavy atom. The van der Waals surface area contributed by atoms with Crippen molar-refractivity contribution >= 4 is 39.3 Å². The molecule has 0 bridgehead atoms. The molecule has 0 radical (unpaired) electrons. The van der Waals surface area contributed by atoms with Crippen LogP contribution in [0, 0.1) is 13.8 Å². The van der Waals surface area contributed by atoms with Gasteiger partial charge in [0.15, 0.2) is 0 Å². The van der Waals surface area contributed by atoms with E-state index in [1.54, 1.807) is 27.7 Å². The molecule has 22 heavy (non-hydrogen) atoms. The van der Waals surface area contributed by atoms with Gasteiger partial charge in [-0.05, 0) is 40.2 Å².